The number of carbonyl (C=O) groups excluding carboxylic acids is 1. The number of H-pyrrole nitrogens is 2. The van der Waals surface area contributed by atoms with Crippen LogP contribution in [0.2, 0.25) is 0 Å². The maximum absolute atomic E-state index is 12.3. The Labute approximate surface area is 136 Å². The molecule has 2 aromatic rings. The molecule has 2 rings (SSSR count). The zero-order valence-corrected chi connectivity index (χ0v) is 13.5. The van der Waals surface area contributed by atoms with E-state index in [1.54, 1.807) is 6.92 Å². The van der Waals surface area contributed by atoms with E-state index in [2.05, 4.69) is 20.3 Å². The number of aliphatic carboxylic acids is 1. The van der Waals surface area contributed by atoms with Crippen LogP contribution < -0.4 is 16.6 Å². The fourth-order valence-electron chi connectivity index (χ4n) is 2.40. The van der Waals surface area contributed by atoms with Gasteiger partial charge in [0.05, 0.1) is 5.39 Å². The number of nitrogens with one attached hydrogen (secondary N) is 3. The topological polar surface area (TPSA) is 145 Å². The third-order valence-corrected chi connectivity index (χ3v) is 3.45. The van der Waals surface area contributed by atoms with E-state index >= 15 is 0 Å². The van der Waals surface area contributed by atoms with Gasteiger partial charge in [-0.25, -0.2) is 14.6 Å². The molecule has 0 spiro atoms. The number of carboxylic acids is 1. The van der Waals surface area contributed by atoms with Gasteiger partial charge in [0, 0.05) is 0 Å². The minimum absolute atomic E-state index is 0.0235. The number of nitrogens with zero attached hydrogens (tertiary/aromatic N) is 1. The summed E-state index contributed by atoms with van der Waals surface area (Å²) < 4.78 is 0. The molecule has 1 atom stereocenters. The van der Waals surface area contributed by atoms with Crippen molar-refractivity contribution >= 4 is 22.9 Å². The standard InChI is InChI=1S/C15H18N4O5/c1-6(2)4-9(14(22)23)17-12(20)8-5-7(3)10-11(16-8)18-15(24)19-13(10)21/h5-6,9H,4H2,1-3H3,(H,17,20)(H,22,23)(H2,16,18,19,21,24). The third-order valence-electron chi connectivity index (χ3n) is 3.45. The van der Waals surface area contributed by atoms with Crippen LogP contribution in [0, 0.1) is 12.8 Å². The van der Waals surface area contributed by atoms with Crippen LogP contribution in [0.4, 0.5) is 0 Å². The Balaban J connectivity index is 2.41. The Morgan fingerprint density at radius 3 is 2.54 bits per heavy atom. The van der Waals surface area contributed by atoms with Gasteiger partial charge in [0.15, 0.2) is 0 Å². The highest BCUT2D eigenvalue weighted by Crippen LogP contribution is 2.12. The van der Waals surface area contributed by atoms with Crippen LogP contribution in [0.15, 0.2) is 15.7 Å². The summed E-state index contributed by atoms with van der Waals surface area (Å²) in [5.41, 5.74) is -0.992. The van der Waals surface area contributed by atoms with Crippen LogP contribution in [0.5, 0.6) is 0 Å². The number of carboxylic acid groups (broad SMARTS) is 1. The van der Waals surface area contributed by atoms with E-state index in [1.165, 1.54) is 6.07 Å². The Bertz CT molecular complexity index is 912. The first-order valence-electron chi connectivity index (χ1n) is 7.36. The minimum Gasteiger partial charge on any atom is -0.480 e. The molecule has 4 N–H and O–H groups in total. The highest BCUT2D eigenvalue weighted by molar-refractivity contribution is 5.97. The fourth-order valence-corrected chi connectivity index (χ4v) is 2.40. The van der Waals surface area contributed by atoms with Crippen LogP contribution >= 0.6 is 0 Å². The molecule has 128 valence electrons. The smallest absolute Gasteiger partial charge is 0.327 e. The molecule has 2 heterocycles. The summed E-state index contributed by atoms with van der Waals surface area (Å²) in [6, 6.07) is 0.327. The van der Waals surface area contributed by atoms with Gasteiger partial charge in [-0.15, -0.1) is 0 Å². The van der Waals surface area contributed by atoms with Crippen molar-refractivity contribution in [2.45, 2.75) is 33.2 Å². The molecule has 0 aromatic carbocycles. The van der Waals surface area contributed by atoms with Crippen LogP contribution in [-0.2, 0) is 4.79 Å². The number of pyridine rings is 1. The van der Waals surface area contributed by atoms with E-state index in [1.807, 2.05) is 13.8 Å². The monoisotopic (exact) mass is 334 g/mol. The van der Waals surface area contributed by atoms with Gasteiger partial charge in [-0.05, 0) is 30.9 Å². The molecule has 1 unspecified atom stereocenters. The quantitative estimate of drug-likeness (QED) is 0.612. The van der Waals surface area contributed by atoms with Gasteiger partial charge in [-0.3, -0.25) is 19.6 Å². The lowest BCUT2D eigenvalue weighted by Gasteiger charge is -2.16. The Morgan fingerprint density at radius 1 is 1.29 bits per heavy atom. The predicted molar refractivity (Wildman–Crippen MR) is 86.1 cm³/mol. The van der Waals surface area contributed by atoms with Crippen molar-refractivity contribution in [1.82, 2.24) is 20.3 Å². The lowest BCUT2D eigenvalue weighted by Crippen LogP contribution is -2.42. The first-order valence-corrected chi connectivity index (χ1v) is 7.36. The molecule has 24 heavy (non-hydrogen) atoms. The normalized spacial score (nSPS) is 12.3. The number of aromatic nitrogens is 3. The van der Waals surface area contributed by atoms with Gasteiger partial charge in [0.25, 0.3) is 11.5 Å². The number of fused-ring (bicyclic) bond motifs is 1. The summed E-state index contributed by atoms with van der Waals surface area (Å²) in [7, 11) is 0. The van der Waals surface area contributed by atoms with E-state index in [-0.39, 0.29) is 29.1 Å². The maximum Gasteiger partial charge on any atom is 0.327 e. The Hall–Kier alpha value is -2.97. The van der Waals surface area contributed by atoms with Crippen molar-refractivity contribution in [2.24, 2.45) is 5.92 Å². The number of rotatable bonds is 5. The van der Waals surface area contributed by atoms with E-state index in [0.29, 0.717) is 5.56 Å². The van der Waals surface area contributed by atoms with Gasteiger partial charge < -0.3 is 10.4 Å². The van der Waals surface area contributed by atoms with E-state index < -0.39 is 29.2 Å². The second-order valence-corrected chi connectivity index (χ2v) is 5.95. The first-order chi connectivity index (χ1) is 11.2. The SMILES string of the molecule is Cc1cc(C(=O)NC(CC(C)C)C(=O)O)nc2[nH]c(=O)[nH]c(=O)c12. The summed E-state index contributed by atoms with van der Waals surface area (Å²) >= 11 is 0. The minimum atomic E-state index is -1.14. The van der Waals surface area contributed by atoms with Crippen molar-refractivity contribution in [2.75, 3.05) is 0 Å². The molecule has 0 aliphatic heterocycles. The van der Waals surface area contributed by atoms with E-state index in [0.717, 1.165) is 0 Å². The molecule has 0 bridgehead atoms. The Morgan fingerprint density at radius 2 is 1.96 bits per heavy atom. The largest absolute Gasteiger partial charge is 0.480 e. The summed E-state index contributed by atoms with van der Waals surface area (Å²) in [5, 5.41) is 11.8. The zero-order chi connectivity index (χ0) is 18.0. The number of hydrogen-bond acceptors (Lipinski definition) is 5. The van der Waals surface area contributed by atoms with Crippen LogP contribution in [0.1, 0.15) is 36.3 Å². The first kappa shape index (κ1) is 17.4. The average molecular weight is 334 g/mol. The molecule has 0 radical (unpaired) electrons. The van der Waals surface area contributed by atoms with Crippen molar-refractivity contribution < 1.29 is 14.7 Å². The van der Waals surface area contributed by atoms with Crippen molar-refractivity contribution in [3.63, 3.8) is 0 Å². The van der Waals surface area contributed by atoms with Gasteiger partial charge in [0.1, 0.15) is 17.4 Å². The molecule has 0 saturated heterocycles. The number of carbonyl (C=O) groups is 2. The highest BCUT2D eigenvalue weighted by Gasteiger charge is 2.23. The lowest BCUT2D eigenvalue weighted by molar-refractivity contribution is -0.139. The molecule has 0 aliphatic carbocycles. The third kappa shape index (κ3) is 3.67. The predicted octanol–water partition coefficient (Wildman–Crippen LogP) is 0.149. The van der Waals surface area contributed by atoms with Gasteiger partial charge in [0.2, 0.25) is 0 Å². The summed E-state index contributed by atoms with van der Waals surface area (Å²) in [6.45, 7) is 5.28. The van der Waals surface area contributed by atoms with Crippen LogP contribution in [0.25, 0.3) is 11.0 Å². The summed E-state index contributed by atoms with van der Waals surface area (Å²) in [4.78, 5) is 55.1. The molecular weight excluding hydrogens is 316 g/mol. The molecular formula is C15H18N4O5. The molecule has 1 amide bonds. The van der Waals surface area contributed by atoms with E-state index in [4.69, 9.17) is 0 Å². The summed E-state index contributed by atoms with van der Waals surface area (Å²) in [5.74, 6) is -1.75. The van der Waals surface area contributed by atoms with Crippen molar-refractivity contribution in [1.29, 1.82) is 0 Å². The number of aryl methyl sites for hydroxylation is 1. The molecule has 2 aromatic heterocycles. The molecule has 9 nitrogen and oxygen atoms in total. The zero-order valence-electron chi connectivity index (χ0n) is 13.5. The second-order valence-electron chi connectivity index (χ2n) is 5.95. The number of aromatic amines is 2. The molecule has 0 fully saturated rings. The van der Waals surface area contributed by atoms with Gasteiger partial charge in [-0.1, -0.05) is 13.8 Å². The van der Waals surface area contributed by atoms with Crippen molar-refractivity contribution in [3.05, 3.63) is 38.2 Å². The number of amides is 1. The van der Waals surface area contributed by atoms with E-state index in [9.17, 15) is 24.3 Å². The fraction of sp³-hybridized carbons (Fsp3) is 0.400. The summed E-state index contributed by atoms with van der Waals surface area (Å²) in [6.07, 6.45) is 0.268. The molecule has 0 saturated carbocycles. The highest BCUT2D eigenvalue weighted by atomic mass is 16.4. The lowest BCUT2D eigenvalue weighted by atomic mass is 10.0. The molecule has 0 aliphatic rings. The number of hydrogen-bond donors (Lipinski definition) is 4. The van der Waals surface area contributed by atoms with Gasteiger partial charge in [-0.2, -0.15) is 0 Å². The van der Waals surface area contributed by atoms with Crippen LogP contribution in [-0.4, -0.2) is 38.0 Å². The average Bonchev–Trinajstić information content (AvgIpc) is 2.44. The van der Waals surface area contributed by atoms with Crippen LogP contribution in [0.3, 0.4) is 0 Å². The van der Waals surface area contributed by atoms with Crippen molar-refractivity contribution in [3.8, 4) is 0 Å². The Kier molecular flexibility index (Phi) is 4.82. The maximum atomic E-state index is 12.3. The second kappa shape index (κ2) is 6.65. The van der Waals surface area contributed by atoms with Gasteiger partial charge >= 0.3 is 11.7 Å². The molecule has 9 heteroatoms.